The van der Waals surface area contributed by atoms with Crippen LogP contribution in [0.5, 0.6) is 0 Å². The number of hydrogen-bond donors (Lipinski definition) is 3. The zero-order valence-corrected chi connectivity index (χ0v) is 26.3. The first-order valence-electron chi connectivity index (χ1n) is 14.8. The molecular formula is C33H41N5O4S. The number of anilines is 1. The number of piperidine rings is 1. The summed E-state index contributed by atoms with van der Waals surface area (Å²) < 4.78 is 31.2. The summed E-state index contributed by atoms with van der Waals surface area (Å²) in [6.45, 7) is 10.4. The molecule has 0 bridgehead atoms. The highest BCUT2D eigenvalue weighted by Gasteiger charge is 2.27. The van der Waals surface area contributed by atoms with Gasteiger partial charge in [-0.1, -0.05) is 23.8 Å². The van der Waals surface area contributed by atoms with Gasteiger partial charge in [0.2, 0.25) is 10.0 Å². The fourth-order valence-electron chi connectivity index (χ4n) is 6.23. The number of nitrogens with one attached hydrogen (secondary N) is 2. The number of nitrogens with zero attached hydrogens (tertiary/aromatic N) is 3. The Morgan fingerprint density at radius 2 is 1.77 bits per heavy atom. The number of fused-ring (bicyclic) bond motifs is 1. The molecule has 1 aliphatic rings. The Morgan fingerprint density at radius 3 is 2.49 bits per heavy atom. The van der Waals surface area contributed by atoms with Crippen molar-refractivity contribution in [1.29, 1.82) is 0 Å². The standard InChI is InChI=1S/C33H41N5O4S/c1-21-13-23(3)32(24(4)14-21)43(41,42)36-25(5)18-34-30-15-22(2)16-31-29(30)19-35-38(31)27-11-8-9-26(17-27)33(40)37-12-7-6-10-28(37)20-39/h8-9,11,13-17,19,25,28,34,36,39H,6-7,10,12,18,20H2,1-5H3. The second-order valence-corrected chi connectivity index (χ2v) is 13.5. The molecule has 0 spiro atoms. The Hall–Kier alpha value is -3.73. The number of amides is 1. The molecule has 1 aromatic heterocycles. The molecule has 1 fully saturated rings. The van der Waals surface area contributed by atoms with Crippen molar-refractivity contribution in [2.75, 3.05) is 25.0 Å². The van der Waals surface area contributed by atoms with E-state index in [0.717, 1.165) is 63.8 Å². The molecule has 0 aliphatic carbocycles. The van der Waals surface area contributed by atoms with Crippen LogP contribution in [0.2, 0.25) is 0 Å². The molecule has 0 radical (unpaired) electrons. The predicted octanol–water partition coefficient (Wildman–Crippen LogP) is 5.03. The highest BCUT2D eigenvalue weighted by molar-refractivity contribution is 7.89. The van der Waals surface area contributed by atoms with Gasteiger partial charge in [0.15, 0.2) is 0 Å². The van der Waals surface area contributed by atoms with Gasteiger partial charge in [-0.2, -0.15) is 5.10 Å². The van der Waals surface area contributed by atoms with E-state index in [0.29, 0.717) is 23.5 Å². The van der Waals surface area contributed by atoms with Gasteiger partial charge in [-0.25, -0.2) is 17.8 Å². The number of rotatable bonds is 9. The van der Waals surface area contributed by atoms with Gasteiger partial charge in [-0.15, -0.1) is 0 Å². The van der Waals surface area contributed by atoms with E-state index in [2.05, 4.69) is 15.1 Å². The molecule has 1 saturated heterocycles. The third-order valence-corrected chi connectivity index (χ3v) is 9.99. The number of carbonyl (C=O) groups is 1. The summed E-state index contributed by atoms with van der Waals surface area (Å²) in [5.41, 5.74) is 6.55. The largest absolute Gasteiger partial charge is 0.394 e. The number of benzene rings is 3. The fourth-order valence-corrected chi connectivity index (χ4v) is 7.93. The van der Waals surface area contributed by atoms with Gasteiger partial charge >= 0.3 is 0 Å². The predicted molar refractivity (Wildman–Crippen MR) is 170 cm³/mol. The van der Waals surface area contributed by atoms with Crippen LogP contribution >= 0.6 is 0 Å². The van der Waals surface area contributed by atoms with Crippen molar-refractivity contribution in [3.8, 4) is 5.69 Å². The van der Waals surface area contributed by atoms with Crippen molar-refractivity contribution in [2.45, 2.75) is 70.9 Å². The van der Waals surface area contributed by atoms with E-state index < -0.39 is 10.0 Å². The summed E-state index contributed by atoms with van der Waals surface area (Å²) in [7, 11) is -3.70. The minimum atomic E-state index is -3.70. The summed E-state index contributed by atoms with van der Waals surface area (Å²) in [5.74, 6) is -0.0805. The number of aryl methyl sites for hydroxylation is 4. The number of aromatic nitrogens is 2. The molecule has 5 rings (SSSR count). The Bertz CT molecular complexity index is 1740. The average Bonchev–Trinajstić information content (AvgIpc) is 3.38. The van der Waals surface area contributed by atoms with Gasteiger partial charge in [0.1, 0.15) is 0 Å². The Labute approximate surface area is 254 Å². The van der Waals surface area contributed by atoms with Crippen molar-refractivity contribution in [3.05, 3.63) is 82.5 Å². The van der Waals surface area contributed by atoms with E-state index in [1.54, 1.807) is 17.2 Å². The van der Waals surface area contributed by atoms with Crippen molar-refractivity contribution < 1.29 is 18.3 Å². The van der Waals surface area contributed by atoms with E-state index in [4.69, 9.17) is 0 Å². The normalized spacial score (nSPS) is 16.4. The molecule has 4 aromatic rings. The lowest BCUT2D eigenvalue weighted by atomic mass is 10.0. The fraction of sp³-hybridized carbons (Fsp3) is 0.394. The Morgan fingerprint density at radius 1 is 1.05 bits per heavy atom. The van der Waals surface area contributed by atoms with Crippen LogP contribution in [0.1, 0.15) is 58.8 Å². The van der Waals surface area contributed by atoms with Gasteiger partial charge < -0.3 is 15.3 Å². The Kier molecular flexibility index (Phi) is 8.91. The second kappa shape index (κ2) is 12.5. The van der Waals surface area contributed by atoms with Crippen LogP contribution in [0.3, 0.4) is 0 Å². The number of likely N-dealkylation sites (tertiary alicyclic amines) is 1. The molecule has 1 amide bonds. The zero-order valence-electron chi connectivity index (χ0n) is 25.5. The quantitative estimate of drug-likeness (QED) is 0.247. The number of sulfonamides is 1. The molecule has 43 heavy (non-hydrogen) atoms. The molecular weight excluding hydrogens is 562 g/mol. The van der Waals surface area contributed by atoms with Crippen LogP contribution in [0, 0.1) is 27.7 Å². The number of aliphatic hydroxyl groups is 1. The number of hydrogen-bond acceptors (Lipinski definition) is 6. The van der Waals surface area contributed by atoms with Gasteiger partial charge in [-0.05, 0) is 101 Å². The molecule has 0 saturated carbocycles. The van der Waals surface area contributed by atoms with Crippen molar-refractivity contribution in [2.24, 2.45) is 0 Å². The molecule has 2 atom stereocenters. The average molecular weight is 604 g/mol. The maximum absolute atomic E-state index is 13.4. The van der Waals surface area contributed by atoms with E-state index in [1.165, 1.54) is 0 Å². The summed E-state index contributed by atoms with van der Waals surface area (Å²) >= 11 is 0. The highest BCUT2D eigenvalue weighted by atomic mass is 32.2. The first-order valence-corrected chi connectivity index (χ1v) is 16.3. The SMILES string of the molecule is Cc1cc(C)c(S(=O)(=O)NC(C)CNc2cc(C)cc3c2cnn3-c2cccc(C(=O)N3CCCCC3CO)c2)c(C)c1. The zero-order chi connectivity index (χ0) is 30.9. The molecule has 1 aliphatic heterocycles. The van der Waals surface area contributed by atoms with Crippen LogP contribution in [0.15, 0.2) is 59.6 Å². The van der Waals surface area contributed by atoms with E-state index in [-0.39, 0.29) is 24.6 Å². The highest BCUT2D eigenvalue weighted by Crippen LogP contribution is 2.29. The van der Waals surface area contributed by atoms with E-state index >= 15 is 0 Å². The lowest BCUT2D eigenvalue weighted by Crippen LogP contribution is -2.45. The monoisotopic (exact) mass is 603 g/mol. The van der Waals surface area contributed by atoms with Gasteiger partial charge in [-0.3, -0.25) is 4.79 Å². The molecule has 10 heteroatoms. The first kappa shape index (κ1) is 30.7. The second-order valence-electron chi connectivity index (χ2n) is 11.8. The summed E-state index contributed by atoms with van der Waals surface area (Å²) in [5, 5.41) is 18.8. The number of aliphatic hydroxyl groups excluding tert-OH is 1. The molecule has 2 heterocycles. The Balaban J connectivity index is 1.36. The number of carbonyl (C=O) groups excluding carboxylic acids is 1. The molecule has 3 aromatic carbocycles. The summed E-state index contributed by atoms with van der Waals surface area (Å²) in [6.07, 6.45) is 4.55. The maximum Gasteiger partial charge on any atom is 0.254 e. The van der Waals surface area contributed by atoms with Gasteiger partial charge in [0, 0.05) is 35.8 Å². The lowest BCUT2D eigenvalue weighted by Gasteiger charge is -2.34. The lowest BCUT2D eigenvalue weighted by molar-refractivity contribution is 0.0503. The minimum Gasteiger partial charge on any atom is -0.394 e. The van der Waals surface area contributed by atoms with Gasteiger partial charge in [0.25, 0.3) is 5.91 Å². The van der Waals surface area contributed by atoms with Crippen LogP contribution in [-0.2, 0) is 10.0 Å². The topological polar surface area (TPSA) is 117 Å². The molecule has 2 unspecified atom stereocenters. The van der Waals surface area contributed by atoms with Crippen LogP contribution < -0.4 is 10.0 Å². The van der Waals surface area contributed by atoms with E-state index in [1.807, 2.05) is 81.8 Å². The van der Waals surface area contributed by atoms with Crippen molar-refractivity contribution in [3.63, 3.8) is 0 Å². The minimum absolute atomic E-state index is 0.0322. The van der Waals surface area contributed by atoms with Crippen LogP contribution in [0.25, 0.3) is 16.6 Å². The van der Waals surface area contributed by atoms with Gasteiger partial charge in [0.05, 0.1) is 34.9 Å². The molecule has 228 valence electrons. The third-order valence-electron chi connectivity index (χ3n) is 8.10. The van der Waals surface area contributed by atoms with Crippen LogP contribution in [0.4, 0.5) is 5.69 Å². The molecule has 9 nitrogen and oxygen atoms in total. The van der Waals surface area contributed by atoms with Crippen LogP contribution in [-0.4, -0.2) is 65.9 Å². The molecule has 3 N–H and O–H groups in total. The first-order chi connectivity index (χ1) is 20.5. The summed E-state index contributed by atoms with van der Waals surface area (Å²) in [4.78, 5) is 15.5. The summed E-state index contributed by atoms with van der Waals surface area (Å²) in [6, 6.07) is 14.7. The third kappa shape index (κ3) is 6.46. The van der Waals surface area contributed by atoms with Crippen molar-refractivity contribution >= 4 is 32.5 Å². The van der Waals surface area contributed by atoms with Crippen molar-refractivity contribution in [1.82, 2.24) is 19.4 Å². The van der Waals surface area contributed by atoms with E-state index in [9.17, 15) is 18.3 Å². The smallest absolute Gasteiger partial charge is 0.254 e. The maximum atomic E-state index is 13.4.